The van der Waals surface area contributed by atoms with E-state index in [4.69, 9.17) is 0 Å². The highest BCUT2D eigenvalue weighted by molar-refractivity contribution is 5.94. The van der Waals surface area contributed by atoms with Crippen molar-refractivity contribution in [1.29, 1.82) is 0 Å². The van der Waals surface area contributed by atoms with E-state index >= 15 is 0 Å². The summed E-state index contributed by atoms with van der Waals surface area (Å²) in [5.74, 6) is -0.236. The van der Waals surface area contributed by atoms with Crippen LogP contribution < -0.4 is 10.9 Å². The van der Waals surface area contributed by atoms with E-state index in [1.54, 1.807) is 11.6 Å². The Bertz CT molecular complexity index is 670. The number of nitrogens with one attached hydrogen (secondary N) is 1. The Kier molecular flexibility index (Phi) is 4.46. The molecular formula is C18H24N2O2. The fourth-order valence-corrected chi connectivity index (χ4v) is 3.51. The number of hydrogen-bond acceptors (Lipinski definition) is 2. The quantitative estimate of drug-likeness (QED) is 0.872. The summed E-state index contributed by atoms with van der Waals surface area (Å²) in [7, 11) is 1.78. The lowest BCUT2D eigenvalue weighted by molar-refractivity contribution is 0.0954. The monoisotopic (exact) mass is 300 g/mol. The van der Waals surface area contributed by atoms with Crippen LogP contribution in [0.3, 0.4) is 0 Å². The van der Waals surface area contributed by atoms with Gasteiger partial charge in [0.15, 0.2) is 0 Å². The van der Waals surface area contributed by atoms with E-state index in [0.29, 0.717) is 12.1 Å². The van der Waals surface area contributed by atoms with Crippen LogP contribution in [0.5, 0.6) is 0 Å². The molecule has 1 N–H and O–H groups in total. The molecular weight excluding hydrogens is 276 g/mol. The predicted molar refractivity (Wildman–Crippen MR) is 87.2 cm³/mol. The van der Waals surface area contributed by atoms with E-state index in [1.807, 2.05) is 6.07 Å². The molecule has 1 aromatic heterocycles. The minimum absolute atomic E-state index is 0.171. The van der Waals surface area contributed by atoms with Crippen LogP contribution in [0.1, 0.15) is 60.1 Å². The summed E-state index contributed by atoms with van der Waals surface area (Å²) in [5, 5.41) is 2.92. The molecule has 0 radical (unpaired) electrons. The first-order chi connectivity index (χ1) is 10.7. The number of amides is 1. The van der Waals surface area contributed by atoms with Crippen LogP contribution in [0, 0.1) is 0 Å². The highest BCUT2D eigenvalue weighted by Gasteiger charge is 2.19. The van der Waals surface area contributed by atoms with E-state index in [-0.39, 0.29) is 11.5 Å². The topological polar surface area (TPSA) is 51.1 Å². The van der Waals surface area contributed by atoms with Crippen molar-refractivity contribution < 1.29 is 4.79 Å². The summed E-state index contributed by atoms with van der Waals surface area (Å²) < 4.78 is 1.67. The second-order valence-electron chi connectivity index (χ2n) is 6.39. The number of allylic oxidation sites excluding steroid dienone is 1. The Morgan fingerprint density at radius 2 is 1.95 bits per heavy atom. The zero-order valence-electron chi connectivity index (χ0n) is 13.3. The van der Waals surface area contributed by atoms with E-state index in [1.165, 1.54) is 18.4 Å². The van der Waals surface area contributed by atoms with Gasteiger partial charge >= 0.3 is 0 Å². The first-order valence-corrected chi connectivity index (χ1v) is 8.34. The van der Waals surface area contributed by atoms with Crippen LogP contribution in [-0.2, 0) is 19.9 Å². The number of carbonyl (C=O) groups excluding carboxylic acids is 1. The lowest BCUT2D eigenvalue weighted by atomic mass is 9.94. The summed E-state index contributed by atoms with van der Waals surface area (Å²) in [6.07, 6.45) is 11.0. The average molecular weight is 300 g/mol. The highest BCUT2D eigenvalue weighted by Crippen LogP contribution is 2.20. The lowest BCUT2D eigenvalue weighted by Gasteiger charge is -2.20. The molecule has 0 fully saturated rings. The molecule has 0 aliphatic heterocycles. The van der Waals surface area contributed by atoms with Gasteiger partial charge in [-0.2, -0.15) is 0 Å². The molecule has 4 nitrogen and oxygen atoms in total. The van der Waals surface area contributed by atoms with Crippen LogP contribution in [0.4, 0.5) is 0 Å². The maximum absolute atomic E-state index is 12.4. The zero-order chi connectivity index (χ0) is 15.5. The Morgan fingerprint density at radius 3 is 2.73 bits per heavy atom. The molecule has 0 bridgehead atoms. The second kappa shape index (κ2) is 6.51. The van der Waals surface area contributed by atoms with Crippen molar-refractivity contribution in [2.75, 3.05) is 6.54 Å². The number of carbonyl (C=O) groups is 1. The van der Waals surface area contributed by atoms with Crippen LogP contribution >= 0.6 is 0 Å². The van der Waals surface area contributed by atoms with Crippen LogP contribution in [-0.4, -0.2) is 17.0 Å². The molecule has 1 amide bonds. The predicted octanol–water partition coefficient (Wildman–Crippen LogP) is 2.49. The van der Waals surface area contributed by atoms with Crippen LogP contribution in [0.15, 0.2) is 22.5 Å². The molecule has 1 aromatic rings. The van der Waals surface area contributed by atoms with Gasteiger partial charge in [-0.1, -0.05) is 11.6 Å². The molecule has 22 heavy (non-hydrogen) atoms. The van der Waals surface area contributed by atoms with Gasteiger partial charge in [0.1, 0.15) is 5.56 Å². The van der Waals surface area contributed by atoms with Crippen molar-refractivity contribution >= 4 is 5.91 Å². The number of rotatable bonds is 3. The maximum Gasteiger partial charge on any atom is 0.263 e. The van der Waals surface area contributed by atoms with Gasteiger partial charge in [-0.3, -0.25) is 9.59 Å². The average Bonchev–Trinajstić information content (AvgIpc) is 2.57. The molecule has 0 spiro atoms. The first-order valence-electron chi connectivity index (χ1n) is 8.34. The third-order valence-electron chi connectivity index (χ3n) is 4.84. The fourth-order valence-electron chi connectivity index (χ4n) is 3.51. The van der Waals surface area contributed by atoms with Gasteiger partial charge in [0.05, 0.1) is 0 Å². The number of aryl methyl sites for hydroxylation is 1. The largest absolute Gasteiger partial charge is 0.348 e. The van der Waals surface area contributed by atoms with E-state index < -0.39 is 0 Å². The highest BCUT2D eigenvalue weighted by atomic mass is 16.2. The first kappa shape index (κ1) is 15.1. The lowest BCUT2D eigenvalue weighted by Crippen LogP contribution is -2.35. The van der Waals surface area contributed by atoms with Gasteiger partial charge in [-0.25, -0.2) is 0 Å². The zero-order valence-corrected chi connectivity index (χ0v) is 13.3. The van der Waals surface area contributed by atoms with Crippen molar-refractivity contribution in [3.8, 4) is 0 Å². The molecule has 0 aromatic carbocycles. The molecule has 0 atom stereocenters. The third-order valence-corrected chi connectivity index (χ3v) is 4.84. The number of aromatic nitrogens is 1. The Hall–Kier alpha value is -1.84. The summed E-state index contributed by atoms with van der Waals surface area (Å²) in [5.41, 5.74) is 3.67. The summed E-state index contributed by atoms with van der Waals surface area (Å²) in [6.45, 7) is 0.569. The Morgan fingerprint density at radius 1 is 1.18 bits per heavy atom. The van der Waals surface area contributed by atoms with E-state index in [2.05, 4.69) is 11.4 Å². The number of fused-ring (bicyclic) bond motifs is 1. The van der Waals surface area contributed by atoms with E-state index in [0.717, 1.165) is 49.8 Å². The molecule has 0 saturated heterocycles. The number of hydrogen-bond donors (Lipinski definition) is 1. The van der Waals surface area contributed by atoms with Crippen molar-refractivity contribution in [2.45, 2.75) is 51.4 Å². The van der Waals surface area contributed by atoms with Crippen molar-refractivity contribution in [2.24, 2.45) is 7.05 Å². The van der Waals surface area contributed by atoms with Crippen LogP contribution in [0.25, 0.3) is 0 Å². The van der Waals surface area contributed by atoms with Crippen molar-refractivity contribution in [1.82, 2.24) is 9.88 Å². The van der Waals surface area contributed by atoms with Gasteiger partial charge in [0.25, 0.3) is 11.5 Å². The van der Waals surface area contributed by atoms with Crippen molar-refractivity contribution in [3.05, 3.63) is 44.9 Å². The Balaban J connectivity index is 1.79. The summed E-state index contributed by atoms with van der Waals surface area (Å²) >= 11 is 0. The fraction of sp³-hybridized carbons (Fsp3) is 0.556. The second-order valence-corrected chi connectivity index (χ2v) is 6.39. The summed E-state index contributed by atoms with van der Waals surface area (Å²) in [6, 6.07) is 1.82. The van der Waals surface area contributed by atoms with Crippen molar-refractivity contribution in [3.63, 3.8) is 0 Å². The van der Waals surface area contributed by atoms with E-state index in [9.17, 15) is 9.59 Å². The molecule has 1 heterocycles. The third kappa shape index (κ3) is 3.01. The minimum atomic E-state index is -0.236. The van der Waals surface area contributed by atoms with Gasteiger partial charge < -0.3 is 9.88 Å². The van der Waals surface area contributed by atoms with Gasteiger partial charge in [-0.15, -0.1) is 0 Å². The molecule has 0 unspecified atom stereocenters. The molecule has 118 valence electrons. The summed E-state index contributed by atoms with van der Waals surface area (Å²) in [4.78, 5) is 24.8. The molecule has 0 saturated carbocycles. The molecule has 4 heteroatoms. The standard InChI is InChI=1S/C18H24N2O2/c1-20-16-10-6-5-9-14(16)11-15(18(20)22)17(21)19-12-13-7-3-2-4-8-13/h7,11H,2-6,8-10,12H2,1H3,(H,19,21). The van der Waals surface area contributed by atoms with Gasteiger partial charge in [0, 0.05) is 19.3 Å². The van der Waals surface area contributed by atoms with Gasteiger partial charge in [0.2, 0.25) is 0 Å². The maximum atomic E-state index is 12.4. The van der Waals surface area contributed by atoms with Crippen LogP contribution in [0.2, 0.25) is 0 Å². The minimum Gasteiger partial charge on any atom is -0.348 e. The SMILES string of the molecule is Cn1c2c(cc(C(=O)NCC3=CCCCC3)c1=O)CCCC2. The molecule has 2 aliphatic rings. The normalized spacial score (nSPS) is 17.6. The number of pyridine rings is 1. The Labute approximate surface area is 131 Å². The molecule has 3 rings (SSSR count). The number of nitrogens with zero attached hydrogens (tertiary/aromatic N) is 1. The van der Waals surface area contributed by atoms with Gasteiger partial charge in [-0.05, 0) is 63.0 Å². The smallest absolute Gasteiger partial charge is 0.263 e. The molecule has 2 aliphatic carbocycles.